The van der Waals surface area contributed by atoms with E-state index in [9.17, 15) is 0 Å². The molecule has 1 nitrogen and oxygen atoms in total. The highest BCUT2D eigenvalue weighted by molar-refractivity contribution is 5.77. The van der Waals surface area contributed by atoms with Gasteiger partial charge in [-0.15, -0.1) is 0 Å². The van der Waals surface area contributed by atoms with Crippen molar-refractivity contribution in [2.45, 2.75) is 20.8 Å². The number of nitrogens with two attached hydrogens (primary N) is 1. The predicted molar refractivity (Wildman–Crippen MR) is 74.2 cm³/mol. The minimum Gasteiger partial charge on any atom is -0.401 e. The van der Waals surface area contributed by atoms with Crippen molar-refractivity contribution in [2.24, 2.45) is 23.5 Å². The van der Waals surface area contributed by atoms with Gasteiger partial charge in [0.15, 0.2) is 0 Å². The third-order valence-corrected chi connectivity index (χ3v) is 3.61. The van der Waals surface area contributed by atoms with Gasteiger partial charge in [-0.2, -0.15) is 0 Å². The molecule has 2 unspecified atom stereocenters. The minimum absolute atomic E-state index is 0.454. The first-order chi connectivity index (χ1) is 8.11. The van der Waals surface area contributed by atoms with Crippen LogP contribution in [0.5, 0.6) is 0 Å². The van der Waals surface area contributed by atoms with E-state index in [2.05, 4.69) is 57.2 Å². The second-order valence-corrected chi connectivity index (χ2v) is 5.22. The molecular weight excluding hydrogens is 206 g/mol. The quantitative estimate of drug-likeness (QED) is 0.816. The zero-order valence-corrected chi connectivity index (χ0v) is 10.9. The molecule has 0 saturated carbocycles. The average molecular weight is 227 g/mol. The van der Waals surface area contributed by atoms with Gasteiger partial charge in [0.25, 0.3) is 0 Å². The van der Waals surface area contributed by atoms with Crippen LogP contribution in [0.3, 0.4) is 0 Å². The van der Waals surface area contributed by atoms with Gasteiger partial charge in [0, 0.05) is 17.2 Å². The highest BCUT2D eigenvalue weighted by Crippen LogP contribution is 2.36. The van der Waals surface area contributed by atoms with Crippen LogP contribution >= 0.6 is 0 Å². The Labute approximate surface area is 104 Å². The first-order valence-corrected chi connectivity index (χ1v) is 6.34. The fourth-order valence-corrected chi connectivity index (χ4v) is 2.77. The fourth-order valence-electron chi connectivity index (χ4n) is 2.77. The Bertz CT molecular complexity index is 440. The van der Waals surface area contributed by atoms with Crippen molar-refractivity contribution in [1.82, 2.24) is 0 Å². The maximum absolute atomic E-state index is 6.37. The molecule has 17 heavy (non-hydrogen) atoms. The molecule has 0 saturated heterocycles. The van der Waals surface area contributed by atoms with Crippen LogP contribution < -0.4 is 5.73 Å². The topological polar surface area (TPSA) is 26.0 Å². The van der Waals surface area contributed by atoms with Crippen LogP contribution in [-0.4, -0.2) is 0 Å². The van der Waals surface area contributed by atoms with Crippen LogP contribution in [0, 0.1) is 17.8 Å². The lowest BCUT2D eigenvalue weighted by atomic mass is 9.76. The summed E-state index contributed by atoms with van der Waals surface area (Å²) in [6.45, 7) is 6.74. The van der Waals surface area contributed by atoms with Crippen molar-refractivity contribution in [2.75, 3.05) is 0 Å². The molecule has 1 aromatic rings. The molecule has 0 aromatic heterocycles. The third-order valence-electron chi connectivity index (χ3n) is 3.61. The highest BCUT2D eigenvalue weighted by atomic mass is 14.6. The van der Waals surface area contributed by atoms with Crippen LogP contribution in [0.4, 0.5) is 0 Å². The molecule has 0 radical (unpaired) electrons. The zero-order valence-electron chi connectivity index (χ0n) is 10.9. The number of rotatable bonds is 2. The largest absolute Gasteiger partial charge is 0.401 e. The zero-order chi connectivity index (χ0) is 12.4. The Balaban J connectivity index is 2.44. The Morgan fingerprint density at radius 2 is 1.76 bits per heavy atom. The fraction of sp³-hybridized carbons (Fsp3) is 0.375. The Hall–Kier alpha value is -1.50. The SMILES string of the molecule is CC(C)C1C(N)=C(c2ccccc2)C=CC1C. The number of hydrogen-bond acceptors (Lipinski definition) is 1. The number of allylic oxidation sites excluding steroid dienone is 4. The summed E-state index contributed by atoms with van der Waals surface area (Å²) in [7, 11) is 0. The van der Waals surface area contributed by atoms with E-state index in [1.165, 1.54) is 11.1 Å². The Morgan fingerprint density at radius 1 is 1.12 bits per heavy atom. The van der Waals surface area contributed by atoms with E-state index in [1.807, 2.05) is 6.07 Å². The normalized spacial score (nSPS) is 24.5. The van der Waals surface area contributed by atoms with Gasteiger partial charge >= 0.3 is 0 Å². The van der Waals surface area contributed by atoms with Crippen LogP contribution in [0.15, 0.2) is 48.2 Å². The van der Waals surface area contributed by atoms with Gasteiger partial charge in [-0.3, -0.25) is 0 Å². The van der Waals surface area contributed by atoms with Crippen LogP contribution in [0.25, 0.3) is 5.57 Å². The maximum Gasteiger partial charge on any atom is 0.0200 e. The smallest absolute Gasteiger partial charge is 0.0200 e. The van der Waals surface area contributed by atoms with E-state index >= 15 is 0 Å². The lowest BCUT2D eigenvalue weighted by molar-refractivity contribution is 0.359. The molecule has 1 heteroatoms. The number of hydrogen-bond donors (Lipinski definition) is 1. The van der Waals surface area contributed by atoms with Gasteiger partial charge in [-0.1, -0.05) is 63.3 Å². The second-order valence-electron chi connectivity index (χ2n) is 5.22. The van der Waals surface area contributed by atoms with Gasteiger partial charge in [0.05, 0.1) is 0 Å². The van der Waals surface area contributed by atoms with Crippen molar-refractivity contribution >= 4 is 5.57 Å². The molecule has 0 aliphatic heterocycles. The summed E-state index contributed by atoms with van der Waals surface area (Å²) < 4.78 is 0. The summed E-state index contributed by atoms with van der Waals surface area (Å²) in [5, 5.41) is 0. The summed E-state index contributed by atoms with van der Waals surface area (Å²) >= 11 is 0. The molecular formula is C16H21N. The third kappa shape index (κ3) is 2.28. The molecule has 1 aliphatic rings. The van der Waals surface area contributed by atoms with Crippen molar-refractivity contribution in [3.8, 4) is 0 Å². The molecule has 90 valence electrons. The van der Waals surface area contributed by atoms with E-state index in [0.29, 0.717) is 17.8 Å². The van der Waals surface area contributed by atoms with Gasteiger partial charge < -0.3 is 5.73 Å². The van der Waals surface area contributed by atoms with Gasteiger partial charge in [-0.05, 0) is 17.4 Å². The lowest BCUT2D eigenvalue weighted by Crippen LogP contribution is -2.26. The molecule has 2 N–H and O–H groups in total. The predicted octanol–water partition coefficient (Wildman–Crippen LogP) is 3.83. The first kappa shape index (κ1) is 12.0. The van der Waals surface area contributed by atoms with Crippen LogP contribution in [0.1, 0.15) is 26.3 Å². The molecule has 0 amide bonds. The van der Waals surface area contributed by atoms with E-state index in [0.717, 1.165) is 5.70 Å². The van der Waals surface area contributed by atoms with Crippen molar-refractivity contribution in [3.05, 3.63) is 53.7 Å². The summed E-state index contributed by atoms with van der Waals surface area (Å²) in [6, 6.07) is 10.4. The van der Waals surface area contributed by atoms with Gasteiger partial charge in [0.1, 0.15) is 0 Å². The lowest BCUT2D eigenvalue weighted by Gasteiger charge is -2.31. The highest BCUT2D eigenvalue weighted by Gasteiger charge is 2.26. The molecule has 0 fully saturated rings. The van der Waals surface area contributed by atoms with E-state index < -0.39 is 0 Å². The van der Waals surface area contributed by atoms with Crippen LogP contribution in [-0.2, 0) is 0 Å². The summed E-state index contributed by atoms with van der Waals surface area (Å²) in [5.74, 6) is 1.56. The van der Waals surface area contributed by atoms with Crippen molar-refractivity contribution in [1.29, 1.82) is 0 Å². The Morgan fingerprint density at radius 3 is 2.35 bits per heavy atom. The van der Waals surface area contributed by atoms with Gasteiger partial charge in [-0.25, -0.2) is 0 Å². The molecule has 0 spiro atoms. The van der Waals surface area contributed by atoms with Gasteiger partial charge in [0.2, 0.25) is 0 Å². The summed E-state index contributed by atoms with van der Waals surface area (Å²) in [6.07, 6.45) is 4.46. The van der Waals surface area contributed by atoms with E-state index in [1.54, 1.807) is 0 Å². The second kappa shape index (κ2) is 4.79. The first-order valence-electron chi connectivity index (χ1n) is 6.34. The van der Waals surface area contributed by atoms with Crippen LogP contribution in [0.2, 0.25) is 0 Å². The minimum atomic E-state index is 0.454. The molecule has 1 aromatic carbocycles. The van der Waals surface area contributed by atoms with Crippen molar-refractivity contribution < 1.29 is 0 Å². The monoisotopic (exact) mass is 227 g/mol. The number of benzene rings is 1. The molecule has 1 aliphatic carbocycles. The Kier molecular flexibility index (Phi) is 3.37. The molecule has 2 rings (SSSR count). The standard InChI is InChI=1S/C16H21N/c1-11(2)15-12(3)9-10-14(16(15)17)13-7-5-4-6-8-13/h4-12,15H,17H2,1-3H3. The molecule has 0 heterocycles. The summed E-state index contributed by atoms with van der Waals surface area (Å²) in [5.41, 5.74) is 9.84. The maximum atomic E-state index is 6.37. The average Bonchev–Trinajstić information content (AvgIpc) is 2.30. The summed E-state index contributed by atoms with van der Waals surface area (Å²) in [4.78, 5) is 0. The molecule has 2 atom stereocenters. The van der Waals surface area contributed by atoms with E-state index in [4.69, 9.17) is 5.73 Å². The van der Waals surface area contributed by atoms with E-state index in [-0.39, 0.29) is 0 Å². The molecule has 0 bridgehead atoms. The van der Waals surface area contributed by atoms with Crippen molar-refractivity contribution in [3.63, 3.8) is 0 Å².